The Bertz CT molecular complexity index is 192. The molecule has 0 saturated carbocycles. The Kier molecular flexibility index (Phi) is 6.74. The molecule has 0 bridgehead atoms. The van der Waals surface area contributed by atoms with E-state index in [9.17, 15) is 9.59 Å². The van der Waals surface area contributed by atoms with Crippen LogP contribution in [-0.4, -0.2) is 50.6 Å². The first-order chi connectivity index (χ1) is 6.57. The Morgan fingerprint density at radius 2 is 2.00 bits per heavy atom. The summed E-state index contributed by atoms with van der Waals surface area (Å²) in [5.74, 6) is -0.244. The van der Waals surface area contributed by atoms with Crippen LogP contribution in [0.2, 0.25) is 0 Å². The summed E-state index contributed by atoms with van der Waals surface area (Å²) < 4.78 is 4.72. The van der Waals surface area contributed by atoms with Gasteiger partial charge in [-0.1, -0.05) is 0 Å². The van der Waals surface area contributed by atoms with E-state index >= 15 is 0 Å². The number of nitrogens with one attached hydrogen (secondary N) is 1. The van der Waals surface area contributed by atoms with Crippen LogP contribution in [0.5, 0.6) is 0 Å². The van der Waals surface area contributed by atoms with Crippen molar-refractivity contribution >= 4 is 11.9 Å². The fourth-order valence-corrected chi connectivity index (χ4v) is 0.777. The van der Waals surface area contributed by atoms with Gasteiger partial charge in [-0.25, -0.2) is 0 Å². The number of hydrogen-bond donors (Lipinski definition) is 1. The summed E-state index contributed by atoms with van der Waals surface area (Å²) in [7, 11) is 3.38. The van der Waals surface area contributed by atoms with Crippen LogP contribution in [0, 0.1) is 0 Å². The van der Waals surface area contributed by atoms with Crippen molar-refractivity contribution in [3.05, 3.63) is 0 Å². The molecular formula is C9H18N2O3. The van der Waals surface area contributed by atoms with Crippen molar-refractivity contribution in [3.63, 3.8) is 0 Å². The number of esters is 1. The van der Waals surface area contributed by atoms with E-state index in [-0.39, 0.29) is 18.4 Å². The highest BCUT2D eigenvalue weighted by atomic mass is 16.5. The minimum Gasteiger partial charge on any atom is -0.466 e. The third-order valence-corrected chi connectivity index (χ3v) is 1.59. The second kappa shape index (κ2) is 7.32. The van der Waals surface area contributed by atoms with Crippen LogP contribution in [0.25, 0.3) is 0 Å². The van der Waals surface area contributed by atoms with Gasteiger partial charge in [0.2, 0.25) is 5.91 Å². The Morgan fingerprint density at radius 1 is 1.36 bits per heavy atom. The van der Waals surface area contributed by atoms with Gasteiger partial charge in [-0.2, -0.15) is 0 Å². The molecule has 0 aliphatic carbocycles. The zero-order chi connectivity index (χ0) is 11.0. The van der Waals surface area contributed by atoms with Gasteiger partial charge in [0.15, 0.2) is 0 Å². The Labute approximate surface area is 84.4 Å². The van der Waals surface area contributed by atoms with Crippen molar-refractivity contribution in [2.45, 2.75) is 13.3 Å². The van der Waals surface area contributed by atoms with Crippen molar-refractivity contribution in [2.24, 2.45) is 0 Å². The molecule has 0 aromatic heterocycles. The smallest absolute Gasteiger partial charge is 0.307 e. The van der Waals surface area contributed by atoms with E-state index in [1.165, 1.54) is 4.90 Å². The number of nitrogens with zero attached hydrogens (tertiary/aromatic N) is 1. The predicted octanol–water partition coefficient (Wildman–Crippen LogP) is -0.383. The fraction of sp³-hybridized carbons (Fsp3) is 0.778. The zero-order valence-electron chi connectivity index (χ0n) is 9.00. The Balaban J connectivity index is 3.38. The predicted molar refractivity (Wildman–Crippen MR) is 52.8 cm³/mol. The number of amides is 1. The molecule has 0 aliphatic heterocycles. The topological polar surface area (TPSA) is 58.6 Å². The largest absolute Gasteiger partial charge is 0.466 e. The van der Waals surface area contributed by atoms with E-state index in [4.69, 9.17) is 4.74 Å². The molecular weight excluding hydrogens is 184 g/mol. The summed E-state index contributed by atoms with van der Waals surface area (Å²) in [6, 6.07) is 0. The molecule has 0 saturated heterocycles. The first-order valence-corrected chi connectivity index (χ1v) is 4.64. The maximum atomic E-state index is 11.1. The summed E-state index contributed by atoms with van der Waals surface area (Å²) in [6.07, 6.45) is 0.300. The van der Waals surface area contributed by atoms with E-state index in [1.54, 1.807) is 21.0 Å². The van der Waals surface area contributed by atoms with E-state index in [0.29, 0.717) is 19.6 Å². The standard InChI is InChI=1S/C9H18N2O3/c1-4-14-9(13)5-6-10-7-8(12)11(2)3/h10H,4-7H2,1-3H3. The van der Waals surface area contributed by atoms with Crippen LogP contribution in [0.15, 0.2) is 0 Å². The second-order valence-electron chi connectivity index (χ2n) is 3.02. The zero-order valence-corrected chi connectivity index (χ0v) is 9.00. The molecule has 0 fully saturated rings. The molecule has 1 amide bonds. The quantitative estimate of drug-likeness (QED) is 0.471. The highest BCUT2D eigenvalue weighted by molar-refractivity contribution is 5.77. The van der Waals surface area contributed by atoms with Crippen molar-refractivity contribution in [1.29, 1.82) is 0 Å². The van der Waals surface area contributed by atoms with E-state index in [0.717, 1.165) is 0 Å². The first-order valence-electron chi connectivity index (χ1n) is 4.64. The van der Waals surface area contributed by atoms with Gasteiger partial charge in [-0.3, -0.25) is 9.59 Å². The van der Waals surface area contributed by atoms with Crippen LogP contribution in [0.3, 0.4) is 0 Å². The molecule has 5 heteroatoms. The van der Waals surface area contributed by atoms with Gasteiger partial charge >= 0.3 is 5.97 Å². The van der Waals surface area contributed by atoms with Crippen molar-refractivity contribution in [3.8, 4) is 0 Å². The van der Waals surface area contributed by atoms with Gasteiger partial charge in [-0.15, -0.1) is 0 Å². The number of ether oxygens (including phenoxy) is 1. The van der Waals surface area contributed by atoms with Crippen molar-refractivity contribution < 1.29 is 14.3 Å². The number of rotatable bonds is 6. The summed E-state index contributed by atoms with van der Waals surface area (Å²) in [4.78, 5) is 23.4. The monoisotopic (exact) mass is 202 g/mol. The molecule has 0 atom stereocenters. The molecule has 0 heterocycles. The molecule has 0 aromatic rings. The van der Waals surface area contributed by atoms with Crippen LogP contribution in [-0.2, 0) is 14.3 Å². The third kappa shape index (κ3) is 6.42. The average Bonchev–Trinajstić information content (AvgIpc) is 2.12. The minimum atomic E-state index is -0.239. The normalized spacial score (nSPS) is 9.64. The van der Waals surface area contributed by atoms with Crippen LogP contribution in [0.1, 0.15) is 13.3 Å². The summed E-state index contributed by atoms with van der Waals surface area (Å²) in [6.45, 7) is 2.89. The molecule has 0 aliphatic rings. The molecule has 0 spiro atoms. The highest BCUT2D eigenvalue weighted by Gasteiger charge is 2.04. The van der Waals surface area contributed by atoms with Crippen LogP contribution >= 0.6 is 0 Å². The maximum absolute atomic E-state index is 11.1. The number of carbonyl (C=O) groups excluding carboxylic acids is 2. The molecule has 0 aromatic carbocycles. The van der Waals surface area contributed by atoms with Gasteiger partial charge in [0.1, 0.15) is 0 Å². The minimum absolute atomic E-state index is 0.00569. The SMILES string of the molecule is CCOC(=O)CCNCC(=O)N(C)C. The Hall–Kier alpha value is -1.10. The molecule has 5 nitrogen and oxygen atoms in total. The van der Waals surface area contributed by atoms with Crippen molar-refractivity contribution in [2.75, 3.05) is 33.8 Å². The summed E-state index contributed by atoms with van der Waals surface area (Å²) in [5.41, 5.74) is 0. The van der Waals surface area contributed by atoms with Gasteiger partial charge in [0, 0.05) is 20.6 Å². The molecule has 14 heavy (non-hydrogen) atoms. The van der Waals surface area contributed by atoms with Crippen molar-refractivity contribution in [1.82, 2.24) is 10.2 Å². The molecule has 0 rings (SSSR count). The van der Waals surface area contributed by atoms with Gasteiger partial charge in [0.05, 0.1) is 19.6 Å². The lowest BCUT2D eigenvalue weighted by atomic mass is 10.4. The lowest BCUT2D eigenvalue weighted by Gasteiger charge is -2.10. The van der Waals surface area contributed by atoms with E-state index < -0.39 is 0 Å². The molecule has 82 valence electrons. The lowest BCUT2D eigenvalue weighted by molar-refractivity contribution is -0.143. The van der Waals surface area contributed by atoms with Gasteiger partial charge in [0.25, 0.3) is 0 Å². The fourth-order valence-electron chi connectivity index (χ4n) is 0.777. The molecule has 1 N–H and O–H groups in total. The molecule has 0 unspecified atom stereocenters. The number of hydrogen-bond acceptors (Lipinski definition) is 4. The van der Waals surface area contributed by atoms with E-state index in [1.807, 2.05) is 0 Å². The summed E-state index contributed by atoms with van der Waals surface area (Å²) >= 11 is 0. The first kappa shape index (κ1) is 12.9. The second-order valence-corrected chi connectivity index (χ2v) is 3.02. The van der Waals surface area contributed by atoms with E-state index in [2.05, 4.69) is 5.32 Å². The maximum Gasteiger partial charge on any atom is 0.307 e. The van der Waals surface area contributed by atoms with Crippen LogP contribution in [0.4, 0.5) is 0 Å². The van der Waals surface area contributed by atoms with Gasteiger partial charge in [-0.05, 0) is 6.92 Å². The summed E-state index contributed by atoms with van der Waals surface area (Å²) in [5, 5.41) is 2.86. The average molecular weight is 202 g/mol. The highest BCUT2D eigenvalue weighted by Crippen LogP contribution is 1.84. The third-order valence-electron chi connectivity index (χ3n) is 1.59. The Morgan fingerprint density at radius 3 is 2.50 bits per heavy atom. The number of likely N-dealkylation sites (N-methyl/N-ethyl adjacent to an activating group) is 1. The number of carbonyl (C=O) groups is 2. The van der Waals surface area contributed by atoms with Crippen LogP contribution < -0.4 is 5.32 Å². The van der Waals surface area contributed by atoms with Gasteiger partial charge < -0.3 is 15.0 Å². The molecule has 0 radical (unpaired) electrons. The lowest BCUT2D eigenvalue weighted by Crippen LogP contribution is -2.34.